The molecule has 0 saturated heterocycles. The fourth-order valence-corrected chi connectivity index (χ4v) is 2.67. The van der Waals surface area contributed by atoms with Crippen LogP contribution in [0.25, 0.3) is 0 Å². The molecule has 0 aliphatic carbocycles. The van der Waals surface area contributed by atoms with Crippen molar-refractivity contribution in [2.24, 2.45) is 0 Å². The van der Waals surface area contributed by atoms with Crippen LogP contribution in [-0.2, 0) is 35.2 Å². The number of esters is 2. The highest BCUT2D eigenvalue weighted by molar-refractivity contribution is 5.94. The quantitative estimate of drug-likeness (QED) is 0.399. The third kappa shape index (κ3) is 7.27. The van der Waals surface area contributed by atoms with Crippen LogP contribution in [0.15, 0.2) is 42.0 Å². The van der Waals surface area contributed by atoms with Gasteiger partial charge in [-0.3, -0.25) is 9.59 Å². The maximum absolute atomic E-state index is 12.9. The van der Waals surface area contributed by atoms with Crippen molar-refractivity contribution < 1.29 is 28.6 Å². The van der Waals surface area contributed by atoms with E-state index in [0.717, 1.165) is 5.56 Å². The first-order chi connectivity index (χ1) is 13.4. The van der Waals surface area contributed by atoms with E-state index in [1.807, 2.05) is 44.2 Å². The number of hydrogen-bond donors (Lipinski definition) is 0. The Hall–Kier alpha value is -2.47. The molecule has 1 atom stereocenters. The van der Waals surface area contributed by atoms with Crippen LogP contribution in [0.5, 0.6) is 0 Å². The highest BCUT2D eigenvalue weighted by Gasteiger charge is 2.36. The number of carbonyl (C=O) groups is 3. The summed E-state index contributed by atoms with van der Waals surface area (Å²) in [5.41, 5.74) is -0.291. The molecule has 0 aliphatic rings. The van der Waals surface area contributed by atoms with E-state index in [2.05, 4.69) is 0 Å². The molecule has 0 amide bonds. The molecule has 28 heavy (non-hydrogen) atoms. The van der Waals surface area contributed by atoms with Gasteiger partial charge in [0.15, 0.2) is 5.78 Å². The third-order valence-electron chi connectivity index (χ3n) is 4.19. The molecule has 6 heteroatoms. The summed E-state index contributed by atoms with van der Waals surface area (Å²) in [4.78, 5) is 36.5. The van der Waals surface area contributed by atoms with Gasteiger partial charge in [0.2, 0.25) is 0 Å². The van der Waals surface area contributed by atoms with Crippen molar-refractivity contribution in [3.05, 3.63) is 47.5 Å². The van der Waals surface area contributed by atoms with Gasteiger partial charge in [-0.05, 0) is 31.4 Å². The molecule has 1 unspecified atom stereocenters. The molecule has 0 spiro atoms. The summed E-state index contributed by atoms with van der Waals surface area (Å²) < 4.78 is 16.1. The smallest absolute Gasteiger partial charge is 0.337 e. The summed E-state index contributed by atoms with van der Waals surface area (Å²) in [5, 5.41) is 0. The first kappa shape index (κ1) is 23.6. The van der Waals surface area contributed by atoms with Crippen molar-refractivity contribution in [3.63, 3.8) is 0 Å². The number of benzene rings is 1. The molecule has 0 N–H and O–H groups in total. The van der Waals surface area contributed by atoms with Crippen molar-refractivity contribution in [2.45, 2.75) is 59.2 Å². The zero-order chi connectivity index (χ0) is 21.0. The molecule has 154 valence electrons. The van der Waals surface area contributed by atoms with Crippen LogP contribution in [-0.4, -0.2) is 36.5 Å². The molecule has 0 saturated carbocycles. The molecular formula is C22H30O6. The summed E-state index contributed by atoms with van der Waals surface area (Å²) in [6, 6.07) is 9.48. The van der Waals surface area contributed by atoms with Crippen LogP contribution >= 0.6 is 0 Å². The number of Topliss-reactive ketones (excluding diaryl/α,β-unsaturated/α-hetero) is 1. The Morgan fingerprint density at radius 2 is 1.71 bits per heavy atom. The number of carbonyl (C=O) groups excluding carboxylic acids is 3. The average Bonchev–Trinajstić information content (AvgIpc) is 2.68. The Balaban J connectivity index is 3.26. The molecule has 6 nitrogen and oxygen atoms in total. The lowest BCUT2D eigenvalue weighted by Gasteiger charge is -2.29. The highest BCUT2D eigenvalue weighted by atomic mass is 16.5. The van der Waals surface area contributed by atoms with E-state index >= 15 is 0 Å². The van der Waals surface area contributed by atoms with Crippen LogP contribution in [0.1, 0.15) is 52.5 Å². The lowest BCUT2D eigenvalue weighted by molar-refractivity contribution is -0.143. The second-order valence-corrected chi connectivity index (χ2v) is 6.36. The van der Waals surface area contributed by atoms with Crippen LogP contribution in [0.4, 0.5) is 0 Å². The first-order valence-electron chi connectivity index (χ1n) is 9.61. The number of ether oxygens (including phenoxy) is 3. The summed E-state index contributed by atoms with van der Waals surface area (Å²) in [6.07, 6.45) is 2.76. The Morgan fingerprint density at radius 1 is 1.04 bits per heavy atom. The normalized spacial score (nSPS) is 13.5. The maximum atomic E-state index is 12.9. The summed E-state index contributed by atoms with van der Waals surface area (Å²) >= 11 is 0. The van der Waals surface area contributed by atoms with Gasteiger partial charge in [0.1, 0.15) is 12.2 Å². The molecule has 0 aliphatic heterocycles. The van der Waals surface area contributed by atoms with Crippen molar-refractivity contribution in [1.29, 1.82) is 0 Å². The van der Waals surface area contributed by atoms with Crippen LogP contribution in [0.2, 0.25) is 0 Å². The van der Waals surface area contributed by atoms with E-state index in [0.29, 0.717) is 19.3 Å². The minimum Gasteiger partial charge on any atom is -0.463 e. The molecule has 1 aromatic rings. The lowest BCUT2D eigenvalue weighted by atomic mass is 9.89. The van der Waals surface area contributed by atoms with Gasteiger partial charge in [-0.2, -0.15) is 0 Å². The van der Waals surface area contributed by atoms with E-state index in [4.69, 9.17) is 14.2 Å². The molecule has 0 aromatic heterocycles. The maximum Gasteiger partial charge on any atom is 0.337 e. The third-order valence-corrected chi connectivity index (χ3v) is 4.19. The second-order valence-electron chi connectivity index (χ2n) is 6.36. The monoisotopic (exact) mass is 390 g/mol. The number of rotatable bonds is 12. The summed E-state index contributed by atoms with van der Waals surface area (Å²) in [5.74, 6) is -1.28. The zero-order valence-electron chi connectivity index (χ0n) is 17.2. The standard InChI is InChI=1S/C22H30O6/c1-5-11-20(24)22(6-2,28-15-18-12-9-8-10-13-18)14-19(16-27-17(4)23)21(25)26-7-3/h8-10,12-14H,5-7,11,15-16H2,1-4H3/b19-14+. The van der Waals surface area contributed by atoms with Crippen molar-refractivity contribution in [3.8, 4) is 0 Å². The van der Waals surface area contributed by atoms with Gasteiger partial charge >= 0.3 is 11.9 Å². The van der Waals surface area contributed by atoms with Gasteiger partial charge in [-0.1, -0.05) is 44.2 Å². The van der Waals surface area contributed by atoms with Gasteiger partial charge in [0, 0.05) is 13.3 Å². The van der Waals surface area contributed by atoms with Gasteiger partial charge < -0.3 is 14.2 Å². The molecule has 1 rings (SSSR count). The van der Waals surface area contributed by atoms with Gasteiger partial charge in [0.05, 0.1) is 18.8 Å². The topological polar surface area (TPSA) is 78.9 Å². The molecule has 0 bridgehead atoms. The van der Waals surface area contributed by atoms with E-state index in [-0.39, 0.29) is 31.2 Å². The van der Waals surface area contributed by atoms with Crippen molar-refractivity contribution >= 4 is 17.7 Å². The molecule has 1 aromatic carbocycles. The van der Waals surface area contributed by atoms with E-state index < -0.39 is 17.5 Å². The highest BCUT2D eigenvalue weighted by Crippen LogP contribution is 2.26. The first-order valence-corrected chi connectivity index (χ1v) is 9.61. The Kier molecular flexibility index (Phi) is 10.2. The Bertz CT molecular complexity index is 680. The van der Waals surface area contributed by atoms with Gasteiger partial charge in [-0.25, -0.2) is 4.79 Å². The van der Waals surface area contributed by atoms with Crippen molar-refractivity contribution in [1.82, 2.24) is 0 Å². The number of ketones is 1. The molecular weight excluding hydrogens is 360 g/mol. The molecule has 0 heterocycles. The lowest BCUT2D eigenvalue weighted by Crippen LogP contribution is -2.40. The Labute approximate surface area is 166 Å². The summed E-state index contributed by atoms with van der Waals surface area (Å²) in [7, 11) is 0. The van der Waals surface area contributed by atoms with Crippen LogP contribution in [0, 0.1) is 0 Å². The minimum atomic E-state index is -1.30. The van der Waals surface area contributed by atoms with Gasteiger partial charge in [0.25, 0.3) is 0 Å². The molecule has 0 radical (unpaired) electrons. The Morgan fingerprint density at radius 3 is 2.25 bits per heavy atom. The van der Waals surface area contributed by atoms with Crippen LogP contribution in [0.3, 0.4) is 0 Å². The second kappa shape index (κ2) is 12.1. The van der Waals surface area contributed by atoms with E-state index in [9.17, 15) is 14.4 Å². The van der Waals surface area contributed by atoms with E-state index in [1.165, 1.54) is 13.0 Å². The fourth-order valence-electron chi connectivity index (χ4n) is 2.67. The molecule has 0 fully saturated rings. The average molecular weight is 390 g/mol. The predicted molar refractivity (Wildman–Crippen MR) is 106 cm³/mol. The minimum absolute atomic E-state index is 0.0939. The predicted octanol–water partition coefficient (Wildman–Crippen LogP) is 3.77. The fraction of sp³-hybridized carbons (Fsp3) is 0.500. The SMILES string of the molecule is CCCC(=O)C(/C=C(\COC(C)=O)C(=O)OCC)(CC)OCc1ccccc1. The zero-order valence-corrected chi connectivity index (χ0v) is 17.2. The number of hydrogen-bond acceptors (Lipinski definition) is 6. The van der Waals surface area contributed by atoms with Crippen molar-refractivity contribution in [2.75, 3.05) is 13.2 Å². The largest absolute Gasteiger partial charge is 0.463 e. The summed E-state index contributed by atoms with van der Waals surface area (Å²) in [6.45, 7) is 6.78. The van der Waals surface area contributed by atoms with E-state index in [1.54, 1.807) is 6.92 Å². The van der Waals surface area contributed by atoms with Crippen LogP contribution < -0.4 is 0 Å². The van der Waals surface area contributed by atoms with Gasteiger partial charge in [-0.15, -0.1) is 0 Å².